The van der Waals surface area contributed by atoms with Crippen LogP contribution in [0.3, 0.4) is 0 Å². The van der Waals surface area contributed by atoms with Crippen molar-refractivity contribution in [3.8, 4) is 5.75 Å². The Morgan fingerprint density at radius 3 is 2.33 bits per heavy atom. The Hall–Kier alpha value is -4.43. The first-order valence-corrected chi connectivity index (χ1v) is 11.8. The maximum atomic E-state index is 14.8. The Morgan fingerprint density at radius 1 is 1.07 bits per heavy atom. The number of amides is 2. The molecule has 0 aliphatic carbocycles. The summed E-state index contributed by atoms with van der Waals surface area (Å²) in [4.78, 5) is 26.3. The van der Waals surface area contributed by atoms with Gasteiger partial charge in [0.25, 0.3) is 5.91 Å². The standard InChI is InChI=1S/C25H22F6N6O3/c1-15-3-5-16(6-4-15)19-13-23(25(29,30)31,35-21(38)20(19)34-22(39)37-33-14-32-36-37)17-7-9-18(10-8-17)40-12-2-11-24(26,27)28/h3-10,14H,2,11-13H2,1H3,(H,34,39)(H,35,38). The van der Waals surface area contributed by atoms with E-state index in [0.717, 1.165) is 24.0 Å². The molecule has 9 nitrogen and oxygen atoms in total. The molecule has 2 heterocycles. The largest absolute Gasteiger partial charge is 0.494 e. The number of nitrogens with one attached hydrogen (secondary N) is 2. The molecule has 1 aliphatic rings. The third-order valence-electron chi connectivity index (χ3n) is 6.16. The summed E-state index contributed by atoms with van der Waals surface area (Å²) in [6.07, 6.45) is -10.6. The first kappa shape index (κ1) is 28.6. The summed E-state index contributed by atoms with van der Waals surface area (Å²) in [7, 11) is 0. The van der Waals surface area contributed by atoms with Gasteiger partial charge in [-0.25, -0.2) is 4.79 Å². The normalized spacial score (nSPS) is 17.9. The monoisotopic (exact) mass is 568 g/mol. The van der Waals surface area contributed by atoms with E-state index in [1.807, 2.05) is 5.32 Å². The van der Waals surface area contributed by atoms with E-state index in [1.54, 1.807) is 19.1 Å². The van der Waals surface area contributed by atoms with E-state index in [0.29, 0.717) is 4.80 Å². The number of rotatable bonds is 7. The summed E-state index contributed by atoms with van der Waals surface area (Å²) in [6.45, 7) is 1.49. The van der Waals surface area contributed by atoms with Crippen LogP contribution in [-0.2, 0) is 10.3 Å². The topological polar surface area (TPSA) is 111 Å². The number of aromatic nitrogens is 4. The molecule has 1 aliphatic heterocycles. The molecule has 1 unspecified atom stereocenters. The molecular formula is C25H22F6N6O3. The van der Waals surface area contributed by atoms with Crippen LogP contribution in [0.25, 0.3) is 5.57 Å². The van der Waals surface area contributed by atoms with Gasteiger partial charge in [0.05, 0.1) is 6.61 Å². The molecule has 4 rings (SSSR count). The second-order valence-electron chi connectivity index (χ2n) is 9.00. The lowest BCUT2D eigenvalue weighted by molar-refractivity contribution is -0.201. The average molecular weight is 568 g/mol. The molecule has 0 saturated heterocycles. The number of ether oxygens (including phenoxy) is 1. The summed E-state index contributed by atoms with van der Waals surface area (Å²) >= 11 is 0. The summed E-state index contributed by atoms with van der Waals surface area (Å²) < 4.78 is 86.6. The molecule has 3 aromatic rings. The van der Waals surface area contributed by atoms with Gasteiger partial charge in [-0.1, -0.05) is 46.8 Å². The van der Waals surface area contributed by atoms with Gasteiger partial charge in [0.2, 0.25) is 0 Å². The summed E-state index contributed by atoms with van der Waals surface area (Å²) in [5, 5.41) is 14.7. The molecule has 40 heavy (non-hydrogen) atoms. The van der Waals surface area contributed by atoms with E-state index < -0.39 is 48.4 Å². The van der Waals surface area contributed by atoms with Crippen molar-refractivity contribution in [1.29, 1.82) is 0 Å². The van der Waals surface area contributed by atoms with Crippen molar-refractivity contribution in [2.75, 3.05) is 6.61 Å². The predicted octanol–water partition coefficient (Wildman–Crippen LogP) is 4.65. The van der Waals surface area contributed by atoms with Crippen molar-refractivity contribution in [3.05, 3.63) is 77.2 Å². The smallest absolute Gasteiger partial charge is 0.416 e. The maximum absolute atomic E-state index is 14.8. The molecule has 2 aromatic carbocycles. The summed E-state index contributed by atoms with van der Waals surface area (Å²) in [5.41, 5.74) is -2.68. The van der Waals surface area contributed by atoms with Crippen LogP contribution in [0.4, 0.5) is 31.1 Å². The number of hydrogen-bond acceptors (Lipinski definition) is 6. The molecule has 0 saturated carbocycles. The fourth-order valence-corrected chi connectivity index (χ4v) is 4.15. The molecule has 0 radical (unpaired) electrons. The zero-order chi connectivity index (χ0) is 29.1. The van der Waals surface area contributed by atoms with Gasteiger partial charge >= 0.3 is 18.4 Å². The van der Waals surface area contributed by atoms with Gasteiger partial charge in [-0.2, -0.15) is 26.3 Å². The lowest BCUT2D eigenvalue weighted by Gasteiger charge is -2.41. The van der Waals surface area contributed by atoms with Crippen LogP contribution in [0.1, 0.15) is 36.0 Å². The molecule has 212 valence electrons. The van der Waals surface area contributed by atoms with Gasteiger partial charge < -0.3 is 10.1 Å². The van der Waals surface area contributed by atoms with E-state index in [1.165, 1.54) is 24.3 Å². The molecule has 0 bridgehead atoms. The SMILES string of the molecule is Cc1ccc(C2=C(NC(=O)n3ncnn3)C(=O)NC(c3ccc(OCCCC(F)(F)F)cc3)(C(F)(F)F)C2)cc1. The van der Waals surface area contributed by atoms with E-state index in [9.17, 15) is 35.9 Å². The highest BCUT2D eigenvalue weighted by Crippen LogP contribution is 2.48. The number of carbonyl (C=O) groups excluding carboxylic acids is 2. The lowest BCUT2D eigenvalue weighted by atomic mass is 9.77. The van der Waals surface area contributed by atoms with Crippen molar-refractivity contribution in [2.45, 2.75) is 44.1 Å². The van der Waals surface area contributed by atoms with Crippen molar-refractivity contribution >= 4 is 17.5 Å². The molecule has 15 heteroatoms. The summed E-state index contributed by atoms with van der Waals surface area (Å²) in [6, 6.07) is 9.88. The zero-order valence-corrected chi connectivity index (χ0v) is 20.8. The molecule has 0 fully saturated rings. The number of halogens is 6. The third-order valence-corrected chi connectivity index (χ3v) is 6.16. The van der Waals surface area contributed by atoms with Gasteiger partial charge in [-0.3, -0.25) is 10.1 Å². The van der Waals surface area contributed by atoms with E-state index in [2.05, 4.69) is 20.7 Å². The molecule has 0 spiro atoms. The minimum atomic E-state index is -5.00. The Morgan fingerprint density at radius 2 is 1.75 bits per heavy atom. The van der Waals surface area contributed by atoms with Crippen molar-refractivity contribution < 1.29 is 40.7 Å². The Kier molecular flexibility index (Phi) is 7.84. The Balaban J connectivity index is 1.69. The van der Waals surface area contributed by atoms with Gasteiger partial charge in [0.15, 0.2) is 11.9 Å². The molecular weight excluding hydrogens is 546 g/mol. The van der Waals surface area contributed by atoms with E-state index >= 15 is 0 Å². The van der Waals surface area contributed by atoms with Gasteiger partial charge in [0.1, 0.15) is 11.4 Å². The number of nitrogens with zero attached hydrogens (tertiary/aromatic N) is 4. The number of hydrogen-bond donors (Lipinski definition) is 2. The lowest BCUT2D eigenvalue weighted by Crippen LogP contribution is -2.60. The molecule has 1 aromatic heterocycles. The third kappa shape index (κ3) is 6.24. The van der Waals surface area contributed by atoms with E-state index in [4.69, 9.17) is 4.74 Å². The summed E-state index contributed by atoms with van der Waals surface area (Å²) in [5.74, 6) is -1.15. The van der Waals surface area contributed by atoms with Crippen LogP contribution in [-0.4, -0.2) is 51.1 Å². The highest BCUT2D eigenvalue weighted by molar-refractivity contribution is 6.06. The number of carbonyl (C=O) groups is 2. The zero-order valence-electron chi connectivity index (χ0n) is 20.8. The van der Waals surface area contributed by atoms with Crippen molar-refractivity contribution in [2.24, 2.45) is 0 Å². The van der Waals surface area contributed by atoms with Crippen LogP contribution >= 0.6 is 0 Å². The van der Waals surface area contributed by atoms with Gasteiger partial charge in [0, 0.05) is 12.8 Å². The first-order chi connectivity index (χ1) is 18.8. The minimum absolute atomic E-state index is 0.0629. The van der Waals surface area contributed by atoms with Gasteiger partial charge in [-0.15, -0.1) is 10.2 Å². The average Bonchev–Trinajstić information content (AvgIpc) is 3.43. The van der Waals surface area contributed by atoms with Crippen molar-refractivity contribution in [1.82, 2.24) is 30.8 Å². The number of benzene rings is 2. The second kappa shape index (κ2) is 11.0. The maximum Gasteiger partial charge on any atom is 0.416 e. The van der Waals surface area contributed by atoms with Crippen LogP contribution < -0.4 is 15.4 Å². The number of tetrazole rings is 1. The number of aryl methyl sites for hydroxylation is 1. The fourth-order valence-electron chi connectivity index (χ4n) is 4.15. The Bertz CT molecular complexity index is 1390. The van der Waals surface area contributed by atoms with Crippen LogP contribution in [0.5, 0.6) is 5.75 Å². The molecule has 1 atom stereocenters. The fraction of sp³-hybridized carbons (Fsp3) is 0.320. The first-order valence-electron chi connectivity index (χ1n) is 11.8. The molecule has 2 N–H and O–H groups in total. The number of alkyl halides is 6. The van der Waals surface area contributed by atoms with Gasteiger partial charge in [-0.05, 0) is 47.4 Å². The highest BCUT2D eigenvalue weighted by Gasteiger charge is 2.59. The van der Waals surface area contributed by atoms with Crippen LogP contribution in [0.2, 0.25) is 0 Å². The quantitative estimate of drug-likeness (QED) is 0.317. The minimum Gasteiger partial charge on any atom is -0.494 e. The van der Waals surface area contributed by atoms with E-state index in [-0.39, 0.29) is 35.5 Å². The van der Waals surface area contributed by atoms with Crippen LogP contribution in [0.15, 0.2) is 60.6 Å². The predicted molar refractivity (Wildman–Crippen MR) is 128 cm³/mol. The molecule has 2 amide bonds. The Labute approximate surface area is 223 Å². The van der Waals surface area contributed by atoms with Crippen molar-refractivity contribution in [3.63, 3.8) is 0 Å². The van der Waals surface area contributed by atoms with Crippen LogP contribution in [0, 0.1) is 6.92 Å². The highest BCUT2D eigenvalue weighted by atomic mass is 19.4. The second-order valence-corrected chi connectivity index (χ2v) is 9.00.